The Balaban J connectivity index is 2.46. The van der Waals surface area contributed by atoms with Crippen molar-refractivity contribution in [2.75, 3.05) is 19.8 Å². The molecule has 0 atom stereocenters. The van der Waals surface area contributed by atoms with Crippen LogP contribution in [0.25, 0.3) is 0 Å². The Morgan fingerprint density at radius 3 is 2.17 bits per heavy atom. The van der Waals surface area contributed by atoms with Gasteiger partial charge in [-0.05, 0) is 39.3 Å². The van der Waals surface area contributed by atoms with Gasteiger partial charge in [-0.15, -0.1) is 4.98 Å². The van der Waals surface area contributed by atoms with Gasteiger partial charge in [0.1, 0.15) is 6.61 Å². The maximum atomic E-state index is 5.72. The van der Waals surface area contributed by atoms with Gasteiger partial charge in [0.25, 0.3) is 0 Å². The van der Waals surface area contributed by atoms with Crippen LogP contribution in [0.1, 0.15) is 27.7 Å². The fourth-order valence-electron chi connectivity index (χ4n) is 1.05. The van der Waals surface area contributed by atoms with Gasteiger partial charge in [0.15, 0.2) is 0 Å². The normalized spacial score (nSPS) is 11.4. The van der Waals surface area contributed by atoms with E-state index < -0.39 is 0 Å². The van der Waals surface area contributed by atoms with Gasteiger partial charge in [-0.3, -0.25) is 0 Å². The smallest absolute Gasteiger partial charge is 0.324 e. The van der Waals surface area contributed by atoms with Crippen molar-refractivity contribution in [1.29, 1.82) is 0 Å². The van der Waals surface area contributed by atoms with Crippen molar-refractivity contribution in [3.8, 4) is 12.0 Å². The van der Waals surface area contributed by atoms with Crippen LogP contribution < -0.4 is 9.47 Å². The quantitative estimate of drug-likeness (QED) is 0.741. The summed E-state index contributed by atoms with van der Waals surface area (Å²) in [7, 11) is 0. The maximum absolute atomic E-state index is 5.72. The van der Waals surface area contributed by atoms with Crippen LogP contribution in [-0.2, 0) is 4.74 Å². The van der Waals surface area contributed by atoms with Crippen molar-refractivity contribution >= 4 is 11.6 Å². The van der Waals surface area contributed by atoms with Crippen LogP contribution in [0, 0.1) is 0 Å². The Morgan fingerprint density at radius 2 is 1.61 bits per heavy atom. The maximum Gasteiger partial charge on any atom is 0.324 e. The van der Waals surface area contributed by atoms with Crippen molar-refractivity contribution in [2.45, 2.75) is 33.3 Å². The molecule has 1 heterocycles. The molecule has 0 unspecified atom stereocenters. The number of nitrogens with zero attached hydrogens (tertiary/aromatic N) is 3. The third kappa shape index (κ3) is 5.97. The largest absolute Gasteiger partial charge is 0.464 e. The zero-order valence-corrected chi connectivity index (χ0v) is 11.8. The van der Waals surface area contributed by atoms with Crippen molar-refractivity contribution in [2.24, 2.45) is 0 Å². The van der Waals surface area contributed by atoms with Crippen LogP contribution in [0.3, 0.4) is 0 Å². The van der Waals surface area contributed by atoms with Gasteiger partial charge in [0.2, 0.25) is 5.28 Å². The van der Waals surface area contributed by atoms with Gasteiger partial charge in [0, 0.05) is 0 Å². The first-order chi connectivity index (χ1) is 8.40. The average Bonchev–Trinajstić information content (AvgIpc) is 2.23. The van der Waals surface area contributed by atoms with E-state index in [2.05, 4.69) is 15.0 Å². The van der Waals surface area contributed by atoms with E-state index in [0.717, 1.165) is 0 Å². The first-order valence-electron chi connectivity index (χ1n) is 5.72. The SMILES string of the molecule is CCOc1nc(Cl)nc(OCCOC(C)(C)C)n1. The number of aromatic nitrogens is 3. The molecule has 0 saturated heterocycles. The summed E-state index contributed by atoms with van der Waals surface area (Å²) in [5.74, 6) is 0. The highest BCUT2D eigenvalue weighted by atomic mass is 35.5. The number of ether oxygens (including phenoxy) is 3. The first kappa shape index (κ1) is 14.9. The van der Waals surface area contributed by atoms with E-state index in [1.165, 1.54) is 0 Å². The molecule has 0 aliphatic rings. The first-order valence-corrected chi connectivity index (χ1v) is 6.09. The molecule has 7 heteroatoms. The molecule has 102 valence electrons. The number of halogens is 1. The minimum Gasteiger partial charge on any atom is -0.464 e. The summed E-state index contributed by atoms with van der Waals surface area (Å²) in [6, 6.07) is 0.292. The van der Waals surface area contributed by atoms with E-state index in [1.54, 1.807) is 0 Å². The molecule has 1 aromatic rings. The third-order valence-electron chi connectivity index (χ3n) is 1.69. The van der Waals surface area contributed by atoms with E-state index in [0.29, 0.717) is 19.8 Å². The minimum atomic E-state index is -0.198. The van der Waals surface area contributed by atoms with Gasteiger partial charge in [-0.25, -0.2) is 0 Å². The second-order valence-corrected chi connectivity index (χ2v) is 4.75. The third-order valence-corrected chi connectivity index (χ3v) is 1.86. The van der Waals surface area contributed by atoms with Crippen molar-refractivity contribution in [3.63, 3.8) is 0 Å². The second kappa shape index (κ2) is 6.70. The zero-order chi connectivity index (χ0) is 13.6. The Hall–Kier alpha value is -1.14. The van der Waals surface area contributed by atoms with Crippen molar-refractivity contribution in [1.82, 2.24) is 15.0 Å². The van der Waals surface area contributed by atoms with Crippen molar-refractivity contribution < 1.29 is 14.2 Å². The molecule has 0 aromatic carbocycles. The fraction of sp³-hybridized carbons (Fsp3) is 0.727. The molecule has 6 nitrogen and oxygen atoms in total. The van der Waals surface area contributed by atoms with Gasteiger partial charge in [0.05, 0.1) is 18.8 Å². The van der Waals surface area contributed by atoms with Crippen LogP contribution in [0.15, 0.2) is 0 Å². The molecule has 0 radical (unpaired) electrons. The van der Waals surface area contributed by atoms with E-state index in [1.807, 2.05) is 27.7 Å². The highest BCUT2D eigenvalue weighted by Crippen LogP contribution is 2.13. The zero-order valence-electron chi connectivity index (χ0n) is 11.1. The molecule has 0 aliphatic carbocycles. The summed E-state index contributed by atoms with van der Waals surface area (Å²) >= 11 is 5.72. The molecule has 0 aliphatic heterocycles. The Morgan fingerprint density at radius 1 is 1.00 bits per heavy atom. The molecule has 0 bridgehead atoms. The number of hydrogen-bond acceptors (Lipinski definition) is 6. The molecular formula is C11H18ClN3O3. The van der Waals surface area contributed by atoms with E-state index in [4.69, 9.17) is 25.8 Å². The predicted octanol–water partition coefficient (Wildman–Crippen LogP) is 2.12. The summed E-state index contributed by atoms with van der Waals surface area (Å²) in [6.45, 7) is 8.97. The Labute approximate surface area is 112 Å². The van der Waals surface area contributed by atoms with Gasteiger partial charge >= 0.3 is 12.0 Å². The summed E-state index contributed by atoms with van der Waals surface area (Å²) in [5.41, 5.74) is -0.198. The fourth-order valence-corrected chi connectivity index (χ4v) is 1.20. The lowest BCUT2D eigenvalue weighted by atomic mass is 10.2. The molecule has 0 amide bonds. The molecule has 18 heavy (non-hydrogen) atoms. The predicted molar refractivity (Wildman–Crippen MR) is 67.2 cm³/mol. The lowest BCUT2D eigenvalue weighted by Gasteiger charge is -2.19. The van der Waals surface area contributed by atoms with Gasteiger partial charge in [-0.2, -0.15) is 9.97 Å². The van der Waals surface area contributed by atoms with Crippen LogP contribution in [0.4, 0.5) is 0 Å². The molecule has 0 fully saturated rings. The van der Waals surface area contributed by atoms with Crippen molar-refractivity contribution in [3.05, 3.63) is 5.28 Å². The van der Waals surface area contributed by atoms with E-state index >= 15 is 0 Å². The lowest BCUT2D eigenvalue weighted by molar-refractivity contribution is -0.0174. The van der Waals surface area contributed by atoms with Gasteiger partial charge in [-0.1, -0.05) is 0 Å². The molecule has 0 spiro atoms. The monoisotopic (exact) mass is 275 g/mol. The molecule has 0 saturated carbocycles. The lowest BCUT2D eigenvalue weighted by Crippen LogP contribution is -2.22. The Bertz CT molecular complexity index is 382. The highest BCUT2D eigenvalue weighted by molar-refractivity contribution is 6.28. The second-order valence-electron chi connectivity index (χ2n) is 4.41. The summed E-state index contributed by atoms with van der Waals surface area (Å²) in [6.07, 6.45) is 0. The highest BCUT2D eigenvalue weighted by Gasteiger charge is 2.10. The molecule has 0 N–H and O–H groups in total. The molecule has 1 aromatic heterocycles. The van der Waals surface area contributed by atoms with E-state index in [-0.39, 0.29) is 22.9 Å². The van der Waals surface area contributed by atoms with Crippen LogP contribution in [0.2, 0.25) is 5.28 Å². The van der Waals surface area contributed by atoms with E-state index in [9.17, 15) is 0 Å². The number of hydrogen-bond donors (Lipinski definition) is 0. The molecular weight excluding hydrogens is 258 g/mol. The topological polar surface area (TPSA) is 66.4 Å². The number of rotatable bonds is 6. The van der Waals surface area contributed by atoms with Crippen LogP contribution in [-0.4, -0.2) is 40.4 Å². The van der Waals surface area contributed by atoms with Crippen LogP contribution >= 0.6 is 11.6 Å². The summed E-state index contributed by atoms with van der Waals surface area (Å²) < 4.78 is 15.9. The minimum absolute atomic E-state index is 0.0418. The summed E-state index contributed by atoms with van der Waals surface area (Å²) in [5, 5.41) is 0.0418. The van der Waals surface area contributed by atoms with Gasteiger partial charge < -0.3 is 14.2 Å². The standard InChI is InChI=1S/C11H18ClN3O3/c1-5-16-9-13-8(12)14-10(15-9)17-6-7-18-11(2,3)4/h5-7H2,1-4H3. The molecule has 1 rings (SSSR count). The summed E-state index contributed by atoms with van der Waals surface area (Å²) in [4.78, 5) is 11.6. The Kier molecular flexibility index (Phi) is 5.55. The van der Waals surface area contributed by atoms with Crippen LogP contribution in [0.5, 0.6) is 12.0 Å². The average molecular weight is 276 g/mol.